The van der Waals surface area contributed by atoms with E-state index in [1.165, 1.54) is 138 Å². The summed E-state index contributed by atoms with van der Waals surface area (Å²) in [5, 5.41) is 4.91. The minimum atomic E-state index is -0.263. The number of nitrogens with zero attached hydrogens (tertiary/aromatic N) is 4. The van der Waals surface area contributed by atoms with E-state index >= 15 is 0 Å². The van der Waals surface area contributed by atoms with Crippen LogP contribution in [0.4, 0.5) is 34.1 Å². The van der Waals surface area contributed by atoms with Gasteiger partial charge in [0.05, 0.1) is 33.4 Å². The second-order valence-electron chi connectivity index (χ2n) is 36.7. The van der Waals surface area contributed by atoms with Gasteiger partial charge in [0.2, 0.25) is 0 Å². The quantitative estimate of drug-likeness (QED) is 0.141. The van der Waals surface area contributed by atoms with Crippen LogP contribution < -0.4 is 26.2 Å². The SMILES string of the molecule is CC(C)(C)c1ccc(-c2cccc3c4ccccc4n(-c4ccc5c(c4)B4c6cc(-n7c8ccccc8c8cccc(-c9ccc(C(C)(C)C)cc9)c87)ccc6N(c6ccccc6-c6cc(C(C)(C)C)cc(C(C)(C)C)c6)c6cccc(c64)N5c4ccccc4-c4cc(C(C)(C)C)cc(C(C)(C)C)c4)c23)cc1. The average Bonchev–Trinajstić information content (AvgIpc) is 1.29. The number of anilines is 6. The molecule has 530 valence electrons. The molecular weight excluding hydrogens is 1290 g/mol. The molecule has 15 aromatic rings. The maximum Gasteiger partial charge on any atom is 0.252 e. The van der Waals surface area contributed by atoms with Crippen LogP contribution in [-0.2, 0) is 32.5 Å². The Labute approximate surface area is 635 Å². The summed E-state index contributed by atoms with van der Waals surface area (Å²) in [6.07, 6.45) is 0. The molecule has 0 fully saturated rings. The van der Waals surface area contributed by atoms with Gasteiger partial charge >= 0.3 is 0 Å². The first-order valence-electron chi connectivity index (χ1n) is 38.7. The number of para-hydroxylation sites is 6. The molecule has 13 aromatic carbocycles. The van der Waals surface area contributed by atoms with E-state index in [0.717, 1.165) is 45.5 Å². The summed E-state index contributed by atoms with van der Waals surface area (Å²) in [6.45, 7) is 41.8. The Bertz CT molecular complexity index is 5640. The van der Waals surface area contributed by atoms with Crippen LogP contribution in [-0.4, -0.2) is 15.8 Å². The molecule has 0 aliphatic carbocycles. The second-order valence-corrected chi connectivity index (χ2v) is 36.7. The standard InChI is InChI=1S/C102H99BN4/c1-97(2,3)68-48-44-64(45-49-68)78-34-27-36-82-80-32-21-25-40-88(80)104(95(78)82)74-52-54-90-84(62-74)103-85-63-75(105-89-41-26-22-33-81(89)83-37-28-35-79(96(83)105)65-46-50-69(51-47-65)98(4,5)6)53-55-91(85)107(87-39-24-20-31-77(87)67-58-72(101(13,14)15)61-73(59-67)102(16,17)18)93-43-29-42-92(94(93)103)106(90)86-38-23-19-30-76(86)66-56-70(99(7,8)9)60-71(57-66)100(10,11)12/h19-63H,1-18H3. The van der Waals surface area contributed by atoms with E-state index in [4.69, 9.17) is 0 Å². The maximum absolute atomic E-state index is 2.64. The highest BCUT2D eigenvalue weighted by molar-refractivity contribution is 7.00. The van der Waals surface area contributed by atoms with Crippen LogP contribution in [0.5, 0.6) is 0 Å². The fourth-order valence-corrected chi connectivity index (χ4v) is 17.2. The molecule has 17 rings (SSSR count). The van der Waals surface area contributed by atoms with Crippen LogP contribution in [0.1, 0.15) is 158 Å². The Morgan fingerprint density at radius 3 is 0.897 bits per heavy atom. The van der Waals surface area contributed by atoms with Gasteiger partial charge in [-0.25, -0.2) is 0 Å². The lowest BCUT2D eigenvalue weighted by Crippen LogP contribution is -2.61. The van der Waals surface area contributed by atoms with Crippen molar-refractivity contribution >= 4 is 101 Å². The van der Waals surface area contributed by atoms with E-state index in [-0.39, 0.29) is 39.2 Å². The van der Waals surface area contributed by atoms with Gasteiger partial charge in [-0.1, -0.05) is 325 Å². The molecule has 2 aromatic heterocycles. The summed E-state index contributed by atoms with van der Waals surface area (Å²) < 4.78 is 5.16. The molecule has 0 unspecified atom stereocenters. The molecule has 0 amide bonds. The van der Waals surface area contributed by atoms with E-state index < -0.39 is 0 Å². The zero-order valence-corrected chi connectivity index (χ0v) is 65.8. The Kier molecular flexibility index (Phi) is 16.1. The Balaban J connectivity index is 0.995. The van der Waals surface area contributed by atoms with Crippen molar-refractivity contribution in [2.45, 2.75) is 157 Å². The zero-order valence-electron chi connectivity index (χ0n) is 65.8. The number of aromatic nitrogens is 2. The van der Waals surface area contributed by atoms with Crippen molar-refractivity contribution in [1.29, 1.82) is 0 Å². The molecule has 0 saturated heterocycles. The molecule has 0 N–H and O–H groups in total. The molecule has 0 radical (unpaired) electrons. The van der Waals surface area contributed by atoms with Crippen LogP contribution in [0, 0.1) is 0 Å². The van der Waals surface area contributed by atoms with Crippen molar-refractivity contribution in [3.63, 3.8) is 0 Å². The third-order valence-electron chi connectivity index (χ3n) is 23.2. The molecule has 2 aliphatic rings. The Morgan fingerprint density at radius 1 is 0.224 bits per heavy atom. The smallest absolute Gasteiger partial charge is 0.252 e. The first-order chi connectivity index (χ1) is 50.9. The lowest BCUT2D eigenvalue weighted by atomic mass is 9.33. The summed E-state index contributed by atoms with van der Waals surface area (Å²) in [4.78, 5) is 5.29. The van der Waals surface area contributed by atoms with Crippen molar-refractivity contribution in [1.82, 2.24) is 9.13 Å². The highest BCUT2D eigenvalue weighted by Gasteiger charge is 2.45. The monoisotopic (exact) mass is 1390 g/mol. The largest absolute Gasteiger partial charge is 0.311 e. The highest BCUT2D eigenvalue weighted by Crippen LogP contribution is 2.51. The number of fused-ring (bicyclic) bond motifs is 10. The van der Waals surface area contributed by atoms with Crippen molar-refractivity contribution in [2.75, 3.05) is 9.80 Å². The van der Waals surface area contributed by atoms with Gasteiger partial charge in [-0.2, -0.15) is 0 Å². The van der Waals surface area contributed by atoms with Crippen molar-refractivity contribution in [2.24, 2.45) is 0 Å². The van der Waals surface area contributed by atoms with Gasteiger partial charge in [0.15, 0.2) is 0 Å². The van der Waals surface area contributed by atoms with Crippen LogP contribution in [0.25, 0.3) is 99.5 Å². The third-order valence-corrected chi connectivity index (χ3v) is 23.2. The first kappa shape index (κ1) is 69.2. The maximum atomic E-state index is 2.64. The third kappa shape index (κ3) is 11.7. The van der Waals surface area contributed by atoms with Crippen LogP contribution in [0.3, 0.4) is 0 Å². The lowest BCUT2D eigenvalue weighted by molar-refractivity contribution is 0.568. The number of hydrogen-bond acceptors (Lipinski definition) is 2. The molecular formula is C102H99BN4. The van der Waals surface area contributed by atoms with Crippen LogP contribution in [0.15, 0.2) is 273 Å². The van der Waals surface area contributed by atoms with Crippen molar-refractivity contribution in [3.05, 3.63) is 306 Å². The number of rotatable bonds is 8. The van der Waals surface area contributed by atoms with E-state index in [0.29, 0.717) is 0 Å². The van der Waals surface area contributed by atoms with Gasteiger partial charge < -0.3 is 18.9 Å². The van der Waals surface area contributed by atoms with Crippen LogP contribution in [0.2, 0.25) is 0 Å². The van der Waals surface area contributed by atoms with Gasteiger partial charge in [-0.05, 0) is 177 Å². The molecule has 0 bridgehead atoms. The predicted octanol–water partition coefficient (Wildman–Crippen LogP) is 26.4. The van der Waals surface area contributed by atoms with Gasteiger partial charge in [-0.3, -0.25) is 0 Å². The van der Waals surface area contributed by atoms with Gasteiger partial charge in [-0.15, -0.1) is 0 Å². The fourth-order valence-electron chi connectivity index (χ4n) is 17.2. The second kappa shape index (κ2) is 24.9. The van der Waals surface area contributed by atoms with E-state index in [9.17, 15) is 0 Å². The molecule has 107 heavy (non-hydrogen) atoms. The molecule has 0 spiro atoms. The lowest BCUT2D eigenvalue weighted by Gasteiger charge is -2.45. The normalized spacial score (nSPS) is 13.5. The fraction of sp³-hybridized carbons (Fsp3) is 0.235. The molecule has 4 heterocycles. The van der Waals surface area contributed by atoms with Gasteiger partial charge in [0, 0.05) is 77.9 Å². The summed E-state index contributed by atoms with van der Waals surface area (Å²) in [7, 11) is 0. The summed E-state index contributed by atoms with van der Waals surface area (Å²) >= 11 is 0. The Morgan fingerprint density at radius 2 is 0.533 bits per heavy atom. The highest BCUT2D eigenvalue weighted by atomic mass is 15.2. The predicted molar refractivity (Wildman–Crippen MR) is 463 cm³/mol. The van der Waals surface area contributed by atoms with Crippen LogP contribution >= 0.6 is 0 Å². The minimum Gasteiger partial charge on any atom is -0.311 e. The number of benzene rings is 13. The summed E-state index contributed by atoms with van der Waals surface area (Å²) in [5.41, 5.74) is 34.7. The van der Waals surface area contributed by atoms with Crippen molar-refractivity contribution in [3.8, 4) is 55.9 Å². The summed E-state index contributed by atoms with van der Waals surface area (Å²) in [5.74, 6) is 0. The number of hydrogen-bond donors (Lipinski definition) is 0. The molecule has 0 saturated carbocycles. The van der Waals surface area contributed by atoms with Gasteiger partial charge in [0.25, 0.3) is 6.71 Å². The van der Waals surface area contributed by atoms with Gasteiger partial charge in [0.1, 0.15) is 0 Å². The van der Waals surface area contributed by atoms with E-state index in [2.05, 4.69) is 417 Å². The first-order valence-corrected chi connectivity index (χ1v) is 38.7. The topological polar surface area (TPSA) is 16.3 Å². The Hall–Kier alpha value is -10.9. The molecule has 0 atom stereocenters. The van der Waals surface area contributed by atoms with E-state index in [1.54, 1.807) is 0 Å². The average molecular weight is 1390 g/mol. The minimum absolute atomic E-state index is 0.0136. The van der Waals surface area contributed by atoms with Crippen molar-refractivity contribution < 1.29 is 0 Å². The van der Waals surface area contributed by atoms with E-state index in [1.807, 2.05) is 0 Å². The zero-order chi connectivity index (χ0) is 74.8. The molecule has 5 heteroatoms. The molecule has 2 aliphatic heterocycles. The summed E-state index contributed by atoms with van der Waals surface area (Å²) in [6, 6.07) is 106. The molecule has 4 nitrogen and oxygen atoms in total.